The molecule has 0 saturated heterocycles. The monoisotopic (exact) mass is 337 g/mol. The lowest BCUT2D eigenvalue weighted by Gasteiger charge is -2.25. The Balaban J connectivity index is 1.69. The summed E-state index contributed by atoms with van der Waals surface area (Å²) in [6.45, 7) is 0. The normalized spacial score (nSPS) is 33.4. The van der Waals surface area contributed by atoms with Crippen LogP contribution in [-0.4, -0.2) is 39.8 Å². The van der Waals surface area contributed by atoms with Gasteiger partial charge in [0.1, 0.15) is 11.4 Å². The van der Waals surface area contributed by atoms with E-state index >= 15 is 0 Å². The fourth-order valence-electron chi connectivity index (χ4n) is 3.70. The minimum absolute atomic E-state index is 0.0434. The van der Waals surface area contributed by atoms with Crippen molar-refractivity contribution in [3.63, 3.8) is 0 Å². The number of anilines is 1. The summed E-state index contributed by atoms with van der Waals surface area (Å²) in [5.74, 6) is -4.94. The second-order valence-electron chi connectivity index (χ2n) is 6.23. The van der Waals surface area contributed by atoms with Gasteiger partial charge in [0, 0.05) is 17.6 Å². The van der Waals surface area contributed by atoms with Gasteiger partial charge in [-0.3, -0.25) is 9.59 Å². The Morgan fingerprint density at radius 2 is 1.83 bits per heavy atom. The van der Waals surface area contributed by atoms with Gasteiger partial charge in [-0.05, 0) is 36.6 Å². The lowest BCUT2D eigenvalue weighted by Crippen LogP contribution is -2.52. The molecular weight excluding hydrogens is 321 g/mol. The average Bonchev–Trinajstić information content (AvgIpc) is 3.18. The van der Waals surface area contributed by atoms with Gasteiger partial charge < -0.3 is 26.6 Å². The Hall–Kier alpha value is -2.68. The molecule has 0 heterocycles. The Labute approximate surface area is 135 Å². The number of carboxylic acid groups (broad SMARTS) is 2. The van der Waals surface area contributed by atoms with Gasteiger partial charge in [-0.25, -0.2) is 9.18 Å². The fraction of sp³-hybridized carbons (Fsp3) is 0.400. The van der Waals surface area contributed by atoms with E-state index in [-0.39, 0.29) is 6.42 Å². The number of nitrogens with two attached hydrogens (primary N) is 1. The molecule has 2 aliphatic carbocycles. The van der Waals surface area contributed by atoms with Gasteiger partial charge in [-0.1, -0.05) is 0 Å². The van der Waals surface area contributed by atoms with Gasteiger partial charge in [-0.2, -0.15) is 0 Å². The van der Waals surface area contributed by atoms with Crippen molar-refractivity contribution < 1.29 is 29.0 Å². The molecule has 3 rings (SSSR count). The van der Waals surface area contributed by atoms with Crippen molar-refractivity contribution in [1.29, 1.82) is 0 Å². The molecule has 0 spiro atoms. The summed E-state index contributed by atoms with van der Waals surface area (Å²) < 4.78 is 12.8. The van der Waals surface area contributed by atoms with Crippen LogP contribution in [0.25, 0.3) is 0 Å². The zero-order chi connectivity index (χ0) is 17.6. The first-order valence-corrected chi connectivity index (χ1v) is 7.32. The summed E-state index contributed by atoms with van der Waals surface area (Å²) >= 11 is 0. The molecule has 2 aliphatic rings. The van der Waals surface area contributed by atoms with Crippen LogP contribution in [0.1, 0.15) is 6.42 Å². The molecule has 6 N–H and O–H groups in total. The Bertz CT molecular complexity index is 710. The van der Waals surface area contributed by atoms with Crippen molar-refractivity contribution in [1.82, 2.24) is 5.32 Å². The van der Waals surface area contributed by atoms with Gasteiger partial charge in [0.25, 0.3) is 0 Å². The van der Waals surface area contributed by atoms with E-state index in [1.54, 1.807) is 0 Å². The minimum Gasteiger partial charge on any atom is -0.481 e. The maximum absolute atomic E-state index is 12.8. The molecule has 128 valence electrons. The highest BCUT2D eigenvalue weighted by Gasteiger charge is 2.74. The highest BCUT2D eigenvalue weighted by Crippen LogP contribution is 2.61. The largest absolute Gasteiger partial charge is 0.481 e. The van der Waals surface area contributed by atoms with Crippen LogP contribution in [0.4, 0.5) is 14.9 Å². The van der Waals surface area contributed by atoms with Crippen LogP contribution in [0.5, 0.6) is 0 Å². The summed E-state index contributed by atoms with van der Waals surface area (Å²) in [4.78, 5) is 34.7. The average molecular weight is 337 g/mol. The Morgan fingerprint density at radius 1 is 1.21 bits per heavy atom. The molecule has 0 unspecified atom stereocenters. The fourth-order valence-corrected chi connectivity index (χ4v) is 3.70. The van der Waals surface area contributed by atoms with Crippen molar-refractivity contribution in [2.75, 3.05) is 5.32 Å². The Kier molecular flexibility index (Phi) is 3.67. The lowest BCUT2D eigenvalue weighted by molar-refractivity contribution is -0.145. The van der Waals surface area contributed by atoms with Crippen molar-refractivity contribution in [2.24, 2.45) is 23.5 Å². The maximum atomic E-state index is 12.8. The third-order valence-electron chi connectivity index (χ3n) is 4.79. The molecule has 0 radical (unpaired) electrons. The van der Waals surface area contributed by atoms with E-state index in [2.05, 4.69) is 10.6 Å². The van der Waals surface area contributed by atoms with E-state index in [1.807, 2.05) is 0 Å². The highest BCUT2D eigenvalue weighted by molar-refractivity contribution is 5.90. The first-order valence-electron chi connectivity index (χ1n) is 7.32. The number of fused-ring (bicyclic) bond motifs is 1. The van der Waals surface area contributed by atoms with E-state index < -0.39 is 53.1 Å². The van der Waals surface area contributed by atoms with Crippen LogP contribution in [-0.2, 0) is 9.59 Å². The van der Waals surface area contributed by atoms with E-state index in [0.717, 1.165) is 0 Å². The molecular formula is C15H16FN3O5. The summed E-state index contributed by atoms with van der Waals surface area (Å²) in [5.41, 5.74) is 4.56. The van der Waals surface area contributed by atoms with Gasteiger partial charge in [0.2, 0.25) is 0 Å². The van der Waals surface area contributed by atoms with E-state index in [4.69, 9.17) is 5.73 Å². The third-order valence-corrected chi connectivity index (χ3v) is 4.79. The molecule has 5 atom stereocenters. The standard InChI is InChI=1S/C15H16FN3O5/c16-6-1-3-7(4-2-6)18-14(24)19-8-5-15(17,13(22)23)11-9(8)10(11)12(20)21/h1-4,8-11H,5,17H2,(H,20,21)(H,22,23)(H2,18,19,24)/t8-,9-,10-,11+,15-/m1/s1. The number of urea groups is 1. The summed E-state index contributed by atoms with van der Waals surface area (Å²) in [6, 6.07) is 3.81. The molecule has 0 aromatic heterocycles. The number of carbonyl (C=O) groups excluding carboxylic acids is 1. The number of carbonyl (C=O) groups is 3. The van der Waals surface area contributed by atoms with Crippen molar-refractivity contribution >= 4 is 23.7 Å². The third kappa shape index (κ3) is 2.56. The molecule has 1 aromatic carbocycles. The van der Waals surface area contributed by atoms with Crippen molar-refractivity contribution in [3.05, 3.63) is 30.1 Å². The summed E-state index contributed by atoms with van der Waals surface area (Å²) in [7, 11) is 0. The van der Waals surface area contributed by atoms with Gasteiger partial charge in [0.15, 0.2) is 0 Å². The predicted molar refractivity (Wildman–Crippen MR) is 79.6 cm³/mol. The number of nitrogens with one attached hydrogen (secondary N) is 2. The summed E-state index contributed by atoms with van der Waals surface area (Å²) in [5, 5.41) is 23.5. The van der Waals surface area contributed by atoms with Crippen molar-refractivity contribution in [3.8, 4) is 0 Å². The van der Waals surface area contributed by atoms with E-state index in [1.165, 1.54) is 24.3 Å². The number of amides is 2. The zero-order valence-corrected chi connectivity index (χ0v) is 12.4. The predicted octanol–water partition coefficient (Wildman–Crippen LogP) is 0.448. The van der Waals surface area contributed by atoms with Gasteiger partial charge >= 0.3 is 18.0 Å². The second-order valence-corrected chi connectivity index (χ2v) is 6.23. The number of rotatable bonds is 4. The SMILES string of the molecule is N[C@]1(C(=O)O)C[C@@H](NC(=O)Nc2ccc(F)cc2)[C@@H]2[C@@H](C(=O)O)[C@H]21. The zero-order valence-electron chi connectivity index (χ0n) is 12.4. The first-order chi connectivity index (χ1) is 11.2. The number of benzene rings is 1. The second kappa shape index (κ2) is 5.45. The van der Waals surface area contributed by atoms with Crippen molar-refractivity contribution in [2.45, 2.75) is 18.0 Å². The van der Waals surface area contributed by atoms with Crippen LogP contribution >= 0.6 is 0 Å². The van der Waals surface area contributed by atoms with Crippen LogP contribution in [0.2, 0.25) is 0 Å². The minimum atomic E-state index is -1.67. The molecule has 9 heteroatoms. The van der Waals surface area contributed by atoms with Crippen LogP contribution in [0.3, 0.4) is 0 Å². The van der Waals surface area contributed by atoms with Crippen LogP contribution in [0.15, 0.2) is 24.3 Å². The molecule has 0 aliphatic heterocycles. The molecule has 8 nitrogen and oxygen atoms in total. The topological polar surface area (TPSA) is 142 Å². The molecule has 2 saturated carbocycles. The molecule has 24 heavy (non-hydrogen) atoms. The quantitative estimate of drug-likeness (QED) is 0.540. The smallest absolute Gasteiger partial charge is 0.324 e. The maximum Gasteiger partial charge on any atom is 0.324 e. The number of carboxylic acids is 2. The van der Waals surface area contributed by atoms with Crippen LogP contribution < -0.4 is 16.4 Å². The summed E-state index contributed by atoms with van der Waals surface area (Å²) in [6.07, 6.45) is -0.0434. The van der Waals surface area contributed by atoms with E-state index in [9.17, 15) is 29.0 Å². The molecule has 0 bridgehead atoms. The van der Waals surface area contributed by atoms with Gasteiger partial charge in [0.05, 0.1) is 5.92 Å². The number of hydrogen-bond donors (Lipinski definition) is 5. The van der Waals surface area contributed by atoms with E-state index in [0.29, 0.717) is 5.69 Å². The molecule has 1 aromatic rings. The number of halogens is 1. The van der Waals surface area contributed by atoms with Gasteiger partial charge in [-0.15, -0.1) is 0 Å². The number of hydrogen-bond acceptors (Lipinski definition) is 4. The number of aliphatic carboxylic acids is 2. The molecule has 2 fully saturated rings. The van der Waals surface area contributed by atoms with Crippen LogP contribution in [0, 0.1) is 23.6 Å². The first kappa shape index (κ1) is 16.2. The Morgan fingerprint density at radius 3 is 2.38 bits per heavy atom. The molecule has 2 amide bonds. The lowest BCUT2D eigenvalue weighted by atomic mass is 9.90. The highest BCUT2D eigenvalue weighted by atomic mass is 19.1.